The van der Waals surface area contributed by atoms with Crippen molar-refractivity contribution in [3.63, 3.8) is 0 Å². The summed E-state index contributed by atoms with van der Waals surface area (Å²) in [4.78, 5) is 86.9. The number of aromatic nitrogens is 2. The highest BCUT2D eigenvalue weighted by molar-refractivity contribution is 7.98. The van der Waals surface area contributed by atoms with Crippen LogP contribution in [-0.4, -0.2) is 122 Å². The largest absolute Gasteiger partial charge is 0.508 e. The van der Waals surface area contributed by atoms with Crippen molar-refractivity contribution in [3.05, 3.63) is 48.0 Å². The molecule has 2 rings (SSSR count). The predicted octanol–water partition coefficient (Wildman–Crippen LogP) is 0.0276. The minimum atomic E-state index is -1.29. The first-order chi connectivity index (χ1) is 26.2. The first-order valence-corrected chi connectivity index (χ1v) is 20.9. The highest BCUT2D eigenvalue weighted by atomic mass is 32.2. The molecule has 0 unspecified atom stereocenters. The number of nitrogens with two attached hydrogens (primary N) is 2. The lowest BCUT2D eigenvalue weighted by molar-refractivity contribution is -0.142. The number of carboxylic acid groups (broad SMARTS) is 1. The molecule has 0 saturated heterocycles. The molecule has 55 heavy (non-hydrogen) atoms. The van der Waals surface area contributed by atoms with Gasteiger partial charge in [-0.2, -0.15) is 23.5 Å². The van der Waals surface area contributed by atoms with E-state index in [1.54, 1.807) is 26.0 Å². The molecular weight excluding hydrogens is 751 g/mol. The Hall–Kier alpha value is -4.33. The summed E-state index contributed by atoms with van der Waals surface area (Å²) in [5.74, 6) is -3.90. The summed E-state index contributed by atoms with van der Waals surface area (Å²) in [5, 5.41) is 32.9. The van der Waals surface area contributed by atoms with E-state index in [-0.39, 0.29) is 31.4 Å². The predicted molar refractivity (Wildman–Crippen MR) is 213 cm³/mol. The van der Waals surface area contributed by atoms with Gasteiger partial charge in [0.15, 0.2) is 0 Å². The van der Waals surface area contributed by atoms with Crippen molar-refractivity contribution in [3.8, 4) is 5.75 Å². The zero-order valence-corrected chi connectivity index (χ0v) is 33.5. The van der Waals surface area contributed by atoms with Gasteiger partial charge in [0.1, 0.15) is 36.0 Å². The van der Waals surface area contributed by atoms with Gasteiger partial charge in [0.05, 0.1) is 12.4 Å². The molecule has 0 aliphatic heterocycles. The van der Waals surface area contributed by atoms with E-state index in [1.165, 1.54) is 48.2 Å². The van der Waals surface area contributed by atoms with Crippen molar-refractivity contribution in [2.75, 3.05) is 30.6 Å². The van der Waals surface area contributed by atoms with Crippen LogP contribution in [0.25, 0.3) is 0 Å². The molecule has 12 N–H and O–H groups in total. The fourth-order valence-corrected chi connectivity index (χ4v) is 6.37. The van der Waals surface area contributed by atoms with Crippen LogP contribution in [0, 0.1) is 5.92 Å². The Bertz CT molecular complexity index is 1510. The van der Waals surface area contributed by atoms with Crippen molar-refractivity contribution in [1.29, 1.82) is 0 Å². The van der Waals surface area contributed by atoms with E-state index in [2.05, 4.69) is 36.6 Å². The SMILES string of the molecule is CSCC[C@H](NC(=O)[C@@H](NC(=O)[C@H](Cc1cnc[nH]1)NC(=O)[C@H](Cc1ccc(O)cc1)NC(=O)[C@H](CCCCN)NC(=O)[C@@H](N)CCSC)C(C)C)C(=O)O. The average Bonchev–Trinajstić information content (AvgIpc) is 3.67. The molecule has 1 heterocycles. The molecule has 0 saturated carbocycles. The number of carbonyl (C=O) groups is 6. The van der Waals surface area contributed by atoms with Crippen LogP contribution in [0.5, 0.6) is 5.75 Å². The van der Waals surface area contributed by atoms with Crippen LogP contribution < -0.4 is 38.1 Å². The standard InChI is InChI=1S/C36H57N9O8S2/c1-21(2)30(35(51)42-27(36(52)53)13-16-55-4)45-34(50)29(18-23-19-39-20-40-23)44-33(49)28(17-22-8-10-24(46)11-9-22)43-32(48)26(7-5-6-14-37)41-31(47)25(38)12-15-54-3/h8-11,19-21,25-30,46H,5-7,12-18,37-38H2,1-4H3,(H,39,40)(H,41,47)(H,42,51)(H,43,48)(H,44,49)(H,45,50)(H,52,53)/t25-,26-,27-,28-,29-,30-/m0/s1. The number of phenols is 1. The van der Waals surface area contributed by atoms with Gasteiger partial charge in [-0.3, -0.25) is 24.0 Å². The Labute approximate surface area is 330 Å². The lowest BCUT2D eigenvalue weighted by atomic mass is 10.0. The molecule has 1 aromatic heterocycles. The van der Waals surface area contributed by atoms with E-state index < -0.39 is 77.7 Å². The van der Waals surface area contributed by atoms with Gasteiger partial charge in [0, 0.05) is 24.7 Å². The fourth-order valence-electron chi connectivity index (χ4n) is 5.41. The molecule has 0 fully saturated rings. The van der Waals surface area contributed by atoms with Gasteiger partial charge in [-0.1, -0.05) is 26.0 Å². The molecule has 306 valence electrons. The summed E-state index contributed by atoms with van der Waals surface area (Å²) >= 11 is 2.96. The number of unbranched alkanes of at least 4 members (excludes halogenated alkanes) is 1. The summed E-state index contributed by atoms with van der Waals surface area (Å²) in [5.41, 5.74) is 12.8. The first-order valence-electron chi connectivity index (χ1n) is 18.1. The molecular formula is C36H57N9O8S2. The monoisotopic (exact) mass is 807 g/mol. The number of carboxylic acids is 1. The number of hydrogen-bond donors (Lipinski definition) is 10. The topological polar surface area (TPSA) is 284 Å². The van der Waals surface area contributed by atoms with Crippen LogP contribution in [0.4, 0.5) is 0 Å². The Morgan fingerprint density at radius 2 is 1.31 bits per heavy atom. The molecule has 0 aliphatic rings. The summed E-state index contributed by atoms with van der Waals surface area (Å²) in [6, 6.07) is -0.761. The number of thioether (sulfide) groups is 2. The number of imidazole rings is 1. The number of aliphatic carboxylic acids is 1. The van der Waals surface area contributed by atoms with Gasteiger partial charge in [-0.05, 0) is 86.3 Å². The number of nitrogens with zero attached hydrogens (tertiary/aromatic N) is 1. The number of hydrogen-bond acceptors (Lipinski definition) is 12. The highest BCUT2D eigenvalue weighted by Gasteiger charge is 2.34. The third-order valence-electron chi connectivity index (χ3n) is 8.64. The normalized spacial score (nSPS) is 14.5. The van der Waals surface area contributed by atoms with Crippen LogP contribution in [0.2, 0.25) is 0 Å². The molecule has 0 aliphatic carbocycles. The van der Waals surface area contributed by atoms with E-state index in [0.29, 0.717) is 48.6 Å². The highest BCUT2D eigenvalue weighted by Crippen LogP contribution is 2.14. The fraction of sp³-hybridized carbons (Fsp3) is 0.583. The number of benzene rings is 1. The second-order valence-corrected chi connectivity index (χ2v) is 15.4. The van der Waals surface area contributed by atoms with Gasteiger partial charge in [0.2, 0.25) is 29.5 Å². The van der Waals surface area contributed by atoms with Crippen molar-refractivity contribution in [2.24, 2.45) is 17.4 Å². The van der Waals surface area contributed by atoms with Crippen LogP contribution in [0.15, 0.2) is 36.8 Å². The second kappa shape index (κ2) is 25.0. The lowest BCUT2D eigenvalue weighted by Crippen LogP contribution is -2.60. The van der Waals surface area contributed by atoms with Crippen molar-refractivity contribution in [1.82, 2.24) is 36.6 Å². The number of amides is 5. The molecule has 1 aromatic carbocycles. The van der Waals surface area contributed by atoms with Gasteiger partial charge in [-0.15, -0.1) is 0 Å². The minimum Gasteiger partial charge on any atom is -0.508 e. The second-order valence-electron chi connectivity index (χ2n) is 13.4. The van der Waals surface area contributed by atoms with Gasteiger partial charge >= 0.3 is 5.97 Å². The summed E-state index contributed by atoms with van der Waals surface area (Å²) in [7, 11) is 0. The van der Waals surface area contributed by atoms with E-state index >= 15 is 0 Å². The number of carbonyl (C=O) groups excluding carboxylic acids is 5. The molecule has 0 bridgehead atoms. The zero-order valence-electron chi connectivity index (χ0n) is 31.8. The maximum atomic E-state index is 14.1. The number of H-pyrrole nitrogens is 1. The summed E-state index contributed by atoms with van der Waals surface area (Å²) in [6.45, 7) is 3.75. The average molecular weight is 808 g/mol. The van der Waals surface area contributed by atoms with Crippen LogP contribution in [-0.2, 0) is 41.6 Å². The minimum absolute atomic E-state index is 0.00626. The smallest absolute Gasteiger partial charge is 0.326 e. The summed E-state index contributed by atoms with van der Waals surface area (Å²) in [6.07, 6.45) is 8.32. The van der Waals surface area contributed by atoms with Crippen molar-refractivity contribution in [2.45, 2.75) is 95.0 Å². The van der Waals surface area contributed by atoms with Crippen LogP contribution in [0.1, 0.15) is 57.2 Å². The van der Waals surface area contributed by atoms with E-state index in [4.69, 9.17) is 11.5 Å². The van der Waals surface area contributed by atoms with Gasteiger partial charge in [0.25, 0.3) is 0 Å². The summed E-state index contributed by atoms with van der Waals surface area (Å²) < 4.78 is 0. The zero-order chi connectivity index (χ0) is 40.9. The molecule has 19 heteroatoms. The van der Waals surface area contributed by atoms with Crippen molar-refractivity contribution < 1.29 is 39.0 Å². The van der Waals surface area contributed by atoms with E-state index in [0.717, 1.165) is 0 Å². The van der Waals surface area contributed by atoms with Crippen LogP contribution in [0.3, 0.4) is 0 Å². The lowest BCUT2D eigenvalue weighted by Gasteiger charge is -2.28. The first kappa shape index (κ1) is 46.8. The molecule has 0 spiro atoms. The van der Waals surface area contributed by atoms with Gasteiger partial charge < -0.3 is 53.2 Å². The Balaban J connectivity index is 2.41. The number of phenolic OH excluding ortho intramolecular Hbond substituents is 1. The molecule has 0 radical (unpaired) electrons. The Morgan fingerprint density at radius 3 is 1.87 bits per heavy atom. The maximum absolute atomic E-state index is 14.1. The van der Waals surface area contributed by atoms with Crippen LogP contribution >= 0.6 is 23.5 Å². The number of nitrogens with one attached hydrogen (secondary N) is 6. The molecule has 17 nitrogen and oxygen atoms in total. The number of rotatable bonds is 26. The number of aromatic hydroxyl groups is 1. The molecule has 5 amide bonds. The quantitative estimate of drug-likeness (QED) is 0.0563. The van der Waals surface area contributed by atoms with E-state index in [9.17, 15) is 39.0 Å². The maximum Gasteiger partial charge on any atom is 0.326 e. The Morgan fingerprint density at radius 1 is 0.745 bits per heavy atom. The Kier molecular flexibility index (Phi) is 21.2. The van der Waals surface area contributed by atoms with Crippen molar-refractivity contribution >= 4 is 59.0 Å². The third kappa shape index (κ3) is 16.9. The third-order valence-corrected chi connectivity index (χ3v) is 9.93. The number of aromatic amines is 1. The van der Waals surface area contributed by atoms with Gasteiger partial charge in [-0.25, -0.2) is 9.78 Å². The van der Waals surface area contributed by atoms with E-state index in [1.807, 2.05) is 12.5 Å². The molecule has 2 aromatic rings. The molecule has 6 atom stereocenters.